The van der Waals surface area contributed by atoms with Gasteiger partial charge in [-0.2, -0.15) is 0 Å². The predicted molar refractivity (Wildman–Crippen MR) is 95.2 cm³/mol. The van der Waals surface area contributed by atoms with Crippen molar-refractivity contribution < 1.29 is 9.53 Å². The Hall–Kier alpha value is -2.89. The largest absolute Gasteiger partial charge is 0.495 e. The number of amides is 1. The predicted octanol–water partition coefficient (Wildman–Crippen LogP) is 3.06. The van der Waals surface area contributed by atoms with Crippen LogP contribution in [0.3, 0.4) is 0 Å². The van der Waals surface area contributed by atoms with E-state index in [1.165, 1.54) is 6.42 Å². The Morgan fingerprint density at radius 3 is 2.64 bits per heavy atom. The summed E-state index contributed by atoms with van der Waals surface area (Å²) >= 11 is 0. The number of imidazole rings is 1. The molecule has 0 atom stereocenters. The van der Waals surface area contributed by atoms with Gasteiger partial charge in [-0.25, -0.2) is 9.97 Å². The van der Waals surface area contributed by atoms with Gasteiger partial charge in [-0.1, -0.05) is 0 Å². The van der Waals surface area contributed by atoms with Gasteiger partial charge in [0, 0.05) is 18.7 Å². The molecule has 3 aromatic rings. The molecule has 1 aliphatic rings. The summed E-state index contributed by atoms with van der Waals surface area (Å²) in [5.41, 5.74) is 2.41. The SMILES string of the molecule is COc1ccc(-n2cnc3cc(C(=O)N4CCCCC4)ccc32)nc1. The van der Waals surface area contributed by atoms with Crippen LogP contribution in [0.2, 0.25) is 0 Å². The Bertz CT molecular complexity index is 895. The molecule has 0 bridgehead atoms. The van der Waals surface area contributed by atoms with Crippen molar-refractivity contribution in [2.75, 3.05) is 20.2 Å². The molecular weight excluding hydrogens is 316 g/mol. The first-order valence-corrected chi connectivity index (χ1v) is 8.53. The summed E-state index contributed by atoms with van der Waals surface area (Å²) in [6.45, 7) is 1.70. The lowest BCUT2D eigenvalue weighted by Gasteiger charge is -2.26. The molecule has 1 aromatic carbocycles. The van der Waals surface area contributed by atoms with Crippen molar-refractivity contribution in [3.05, 3.63) is 48.4 Å². The summed E-state index contributed by atoms with van der Waals surface area (Å²) in [5.74, 6) is 1.57. The van der Waals surface area contributed by atoms with Crippen LogP contribution in [0.4, 0.5) is 0 Å². The zero-order chi connectivity index (χ0) is 17.2. The number of aromatic nitrogens is 3. The number of likely N-dealkylation sites (tertiary alicyclic amines) is 1. The Morgan fingerprint density at radius 2 is 1.92 bits per heavy atom. The molecular formula is C19H20N4O2. The quantitative estimate of drug-likeness (QED) is 0.737. The monoisotopic (exact) mass is 336 g/mol. The number of benzene rings is 1. The minimum Gasteiger partial charge on any atom is -0.495 e. The fraction of sp³-hybridized carbons (Fsp3) is 0.316. The normalized spacial score (nSPS) is 14.7. The van der Waals surface area contributed by atoms with E-state index in [0.29, 0.717) is 11.3 Å². The molecule has 1 aliphatic heterocycles. The second-order valence-corrected chi connectivity index (χ2v) is 6.23. The van der Waals surface area contributed by atoms with Crippen molar-refractivity contribution in [3.63, 3.8) is 0 Å². The molecule has 0 radical (unpaired) electrons. The summed E-state index contributed by atoms with van der Waals surface area (Å²) in [4.78, 5) is 23.4. The lowest BCUT2D eigenvalue weighted by molar-refractivity contribution is 0.0724. The summed E-state index contributed by atoms with van der Waals surface area (Å²) < 4.78 is 7.05. The van der Waals surface area contributed by atoms with E-state index in [-0.39, 0.29) is 5.91 Å². The number of nitrogens with zero attached hydrogens (tertiary/aromatic N) is 4. The fourth-order valence-corrected chi connectivity index (χ4v) is 3.24. The Balaban J connectivity index is 1.65. The van der Waals surface area contributed by atoms with Crippen LogP contribution in [0, 0.1) is 0 Å². The van der Waals surface area contributed by atoms with Gasteiger partial charge in [0.25, 0.3) is 5.91 Å². The van der Waals surface area contributed by atoms with Crippen LogP contribution in [0.25, 0.3) is 16.9 Å². The van der Waals surface area contributed by atoms with E-state index in [2.05, 4.69) is 9.97 Å². The van der Waals surface area contributed by atoms with E-state index in [1.54, 1.807) is 19.6 Å². The molecule has 1 saturated heterocycles. The third kappa shape index (κ3) is 2.95. The van der Waals surface area contributed by atoms with Gasteiger partial charge in [-0.15, -0.1) is 0 Å². The highest BCUT2D eigenvalue weighted by Crippen LogP contribution is 2.21. The van der Waals surface area contributed by atoms with Gasteiger partial charge in [-0.05, 0) is 49.6 Å². The Labute approximate surface area is 146 Å². The molecule has 0 aliphatic carbocycles. The standard InChI is InChI=1S/C19H20N4O2/c1-25-15-6-8-18(20-12-15)23-13-21-16-11-14(5-7-17(16)23)19(24)22-9-3-2-4-10-22/h5-8,11-13H,2-4,9-10H2,1H3. The van der Waals surface area contributed by atoms with Gasteiger partial charge in [0.2, 0.25) is 0 Å². The van der Waals surface area contributed by atoms with Crippen molar-refractivity contribution in [3.8, 4) is 11.6 Å². The molecule has 0 saturated carbocycles. The van der Waals surface area contributed by atoms with Crippen molar-refractivity contribution in [1.29, 1.82) is 0 Å². The molecule has 1 amide bonds. The molecule has 0 N–H and O–H groups in total. The van der Waals surface area contributed by atoms with E-state index in [4.69, 9.17) is 4.74 Å². The first-order valence-electron chi connectivity index (χ1n) is 8.53. The highest BCUT2D eigenvalue weighted by molar-refractivity contribution is 5.97. The van der Waals surface area contributed by atoms with Crippen LogP contribution in [-0.4, -0.2) is 45.5 Å². The van der Waals surface area contributed by atoms with Crippen LogP contribution < -0.4 is 4.74 Å². The summed E-state index contributed by atoms with van der Waals surface area (Å²) in [7, 11) is 1.62. The van der Waals surface area contributed by atoms with Gasteiger partial charge in [0.15, 0.2) is 0 Å². The van der Waals surface area contributed by atoms with Crippen molar-refractivity contribution in [2.24, 2.45) is 0 Å². The number of hydrogen-bond acceptors (Lipinski definition) is 4. The molecule has 0 unspecified atom stereocenters. The number of fused-ring (bicyclic) bond motifs is 1. The average Bonchev–Trinajstić information content (AvgIpc) is 3.11. The number of methoxy groups -OCH3 is 1. The second kappa shape index (κ2) is 6.55. The number of carbonyl (C=O) groups is 1. The molecule has 2 aromatic heterocycles. The second-order valence-electron chi connectivity index (χ2n) is 6.23. The fourth-order valence-electron chi connectivity index (χ4n) is 3.24. The maximum absolute atomic E-state index is 12.7. The Morgan fingerprint density at radius 1 is 1.08 bits per heavy atom. The van der Waals surface area contributed by atoms with Gasteiger partial charge in [0.1, 0.15) is 17.9 Å². The zero-order valence-electron chi connectivity index (χ0n) is 14.2. The number of carbonyl (C=O) groups excluding carboxylic acids is 1. The molecule has 128 valence electrons. The average molecular weight is 336 g/mol. The molecule has 3 heterocycles. The Kier molecular flexibility index (Phi) is 4.09. The van der Waals surface area contributed by atoms with E-state index >= 15 is 0 Å². The van der Waals surface area contributed by atoms with Gasteiger partial charge >= 0.3 is 0 Å². The maximum atomic E-state index is 12.7. The van der Waals surface area contributed by atoms with Gasteiger partial charge < -0.3 is 9.64 Å². The van der Waals surface area contributed by atoms with E-state index in [9.17, 15) is 4.79 Å². The van der Waals surface area contributed by atoms with Crippen molar-refractivity contribution in [1.82, 2.24) is 19.4 Å². The van der Waals surface area contributed by atoms with E-state index < -0.39 is 0 Å². The minimum atomic E-state index is 0.0960. The highest BCUT2D eigenvalue weighted by Gasteiger charge is 2.19. The number of piperidine rings is 1. The van der Waals surface area contributed by atoms with Crippen molar-refractivity contribution >= 4 is 16.9 Å². The number of rotatable bonds is 3. The number of pyridine rings is 1. The maximum Gasteiger partial charge on any atom is 0.253 e. The topological polar surface area (TPSA) is 60.3 Å². The molecule has 4 rings (SSSR count). The third-order valence-corrected chi connectivity index (χ3v) is 4.64. The molecule has 6 heteroatoms. The minimum absolute atomic E-state index is 0.0960. The summed E-state index contributed by atoms with van der Waals surface area (Å²) in [6.07, 6.45) is 6.80. The van der Waals surface area contributed by atoms with Crippen molar-refractivity contribution in [2.45, 2.75) is 19.3 Å². The van der Waals surface area contributed by atoms with Crippen LogP contribution in [0.5, 0.6) is 5.75 Å². The van der Waals surface area contributed by atoms with Crippen LogP contribution >= 0.6 is 0 Å². The molecule has 25 heavy (non-hydrogen) atoms. The summed E-state index contributed by atoms with van der Waals surface area (Å²) in [6, 6.07) is 9.42. The van der Waals surface area contributed by atoms with Crippen LogP contribution in [0.1, 0.15) is 29.6 Å². The van der Waals surface area contributed by atoms with E-state index in [1.807, 2.05) is 39.8 Å². The molecule has 6 nitrogen and oxygen atoms in total. The van der Waals surface area contributed by atoms with E-state index in [0.717, 1.165) is 42.8 Å². The van der Waals surface area contributed by atoms with Crippen LogP contribution in [-0.2, 0) is 0 Å². The molecule has 0 spiro atoms. The smallest absolute Gasteiger partial charge is 0.253 e. The lowest BCUT2D eigenvalue weighted by atomic mass is 10.1. The zero-order valence-corrected chi connectivity index (χ0v) is 14.2. The first-order chi connectivity index (χ1) is 12.3. The number of hydrogen-bond donors (Lipinski definition) is 0. The first kappa shape index (κ1) is 15.6. The highest BCUT2D eigenvalue weighted by atomic mass is 16.5. The van der Waals surface area contributed by atoms with Crippen LogP contribution in [0.15, 0.2) is 42.9 Å². The lowest BCUT2D eigenvalue weighted by Crippen LogP contribution is -2.35. The van der Waals surface area contributed by atoms with Gasteiger partial charge in [0.05, 0.1) is 24.3 Å². The number of ether oxygens (including phenoxy) is 1. The molecule has 1 fully saturated rings. The van der Waals surface area contributed by atoms with Gasteiger partial charge in [-0.3, -0.25) is 9.36 Å². The summed E-state index contributed by atoms with van der Waals surface area (Å²) in [5, 5.41) is 0. The third-order valence-electron chi connectivity index (χ3n) is 4.64.